The molecule has 1 aromatic rings. The van der Waals surface area contributed by atoms with Gasteiger partial charge in [-0.25, -0.2) is 19.5 Å². The summed E-state index contributed by atoms with van der Waals surface area (Å²) in [5.74, 6) is 1.84. The summed E-state index contributed by atoms with van der Waals surface area (Å²) in [4.78, 5) is 29.9. The molecule has 170 valence electrons. The lowest BCUT2D eigenvalue weighted by molar-refractivity contribution is 0.191. The van der Waals surface area contributed by atoms with Gasteiger partial charge in [0, 0.05) is 17.7 Å². The molecular formula is C23H29N5O4. The second kappa shape index (κ2) is 8.55. The Balaban J connectivity index is 1.59. The number of pyridine rings is 1. The number of nitrogens with two attached hydrogens (primary N) is 1. The van der Waals surface area contributed by atoms with E-state index in [2.05, 4.69) is 10.6 Å². The third-order valence-electron chi connectivity index (χ3n) is 6.62. The van der Waals surface area contributed by atoms with Crippen molar-refractivity contribution in [1.82, 2.24) is 15.2 Å². The van der Waals surface area contributed by atoms with Crippen LogP contribution in [0, 0.1) is 5.92 Å². The minimum atomic E-state index is -0.795. The Hall–Kier alpha value is -2.91. The maximum absolute atomic E-state index is 12.5. The number of piperidine rings is 1. The number of ether oxygens (including phenoxy) is 1. The maximum Gasteiger partial charge on any atom is 0.331 e. The molecule has 9 heteroatoms. The Labute approximate surface area is 186 Å². The first-order chi connectivity index (χ1) is 15.5. The van der Waals surface area contributed by atoms with Crippen LogP contribution in [0.5, 0.6) is 0 Å². The van der Waals surface area contributed by atoms with E-state index in [0.717, 1.165) is 42.0 Å². The number of carbonyl (C=O) groups is 2. The number of hydrogen-bond donors (Lipinski definition) is 4. The second-order valence-electron chi connectivity index (χ2n) is 9.01. The van der Waals surface area contributed by atoms with E-state index in [1.54, 1.807) is 0 Å². The number of amides is 4. The van der Waals surface area contributed by atoms with Crippen LogP contribution in [0.3, 0.4) is 0 Å². The van der Waals surface area contributed by atoms with Crippen molar-refractivity contribution in [1.29, 1.82) is 0 Å². The van der Waals surface area contributed by atoms with Crippen LogP contribution in [0.2, 0.25) is 0 Å². The lowest BCUT2D eigenvalue weighted by atomic mass is 9.86. The Morgan fingerprint density at radius 2 is 2.19 bits per heavy atom. The fraction of sp³-hybridized carbons (Fsp3) is 0.522. The summed E-state index contributed by atoms with van der Waals surface area (Å²) >= 11 is 0. The fourth-order valence-electron chi connectivity index (χ4n) is 4.65. The highest BCUT2D eigenvalue weighted by Gasteiger charge is 2.34. The molecule has 1 saturated carbocycles. The van der Waals surface area contributed by atoms with E-state index in [9.17, 15) is 14.7 Å². The van der Waals surface area contributed by atoms with E-state index >= 15 is 0 Å². The molecule has 2 aliphatic carbocycles. The molecule has 4 amide bonds. The van der Waals surface area contributed by atoms with E-state index in [1.165, 1.54) is 12.8 Å². The first-order valence-corrected chi connectivity index (χ1v) is 11.4. The van der Waals surface area contributed by atoms with Gasteiger partial charge in [-0.1, -0.05) is 6.08 Å². The molecule has 0 aromatic carbocycles. The van der Waals surface area contributed by atoms with Crippen LogP contribution in [-0.2, 0) is 11.3 Å². The van der Waals surface area contributed by atoms with Gasteiger partial charge in [0.05, 0.1) is 24.9 Å². The van der Waals surface area contributed by atoms with Crippen molar-refractivity contribution >= 4 is 23.5 Å². The number of allylic oxidation sites excluding steroid dienone is 1. The lowest BCUT2D eigenvalue weighted by Gasteiger charge is -2.32. The predicted molar refractivity (Wildman–Crippen MR) is 119 cm³/mol. The molecule has 2 atom stereocenters. The number of primary amides is 1. The quantitative estimate of drug-likeness (QED) is 0.558. The molecule has 1 saturated heterocycles. The molecule has 5 N–H and O–H groups in total. The topological polar surface area (TPSA) is 130 Å². The molecule has 2 unspecified atom stereocenters. The molecule has 5 rings (SSSR count). The molecule has 2 fully saturated rings. The first-order valence-electron chi connectivity index (χ1n) is 11.4. The molecule has 1 aromatic heterocycles. The standard InChI is InChI=1S/C23H29N5O4/c24-22(30)28-11-16-15(14-3-2-8-25-10-14)9-17(26-21(16)27-23(28)31)20-18(29)4-1-5-19(20)32-12-13-6-7-13/h1,5,9,13-14,18,25,29H,2-4,6-8,10-12H2,(H2,24,30)(H,26,27,31). The van der Waals surface area contributed by atoms with Gasteiger partial charge in [-0.2, -0.15) is 0 Å². The minimum Gasteiger partial charge on any atom is -0.493 e. The molecule has 0 spiro atoms. The maximum atomic E-state index is 12.5. The number of aliphatic hydroxyl groups is 1. The third-order valence-corrected chi connectivity index (χ3v) is 6.62. The average molecular weight is 440 g/mol. The van der Waals surface area contributed by atoms with Crippen molar-refractivity contribution < 1.29 is 19.4 Å². The summed E-state index contributed by atoms with van der Waals surface area (Å²) in [7, 11) is 0. The summed E-state index contributed by atoms with van der Waals surface area (Å²) in [6.07, 6.45) is 7.92. The van der Waals surface area contributed by atoms with Gasteiger partial charge in [0.25, 0.3) is 0 Å². The molecular weight excluding hydrogens is 410 g/mol. The van der Waals surface area contributed by atoms with Crippen molar-refractivity contribution in [2.45, 2.75) is 50.7 Å². The number of nitrogens with zero attached hydrogens (tertiary/aromatic N) is 2. The Bertz CT molecular complexity index is 994. The summed E-state index contributed by atoms with van der Waals surface area (Å²) in [5.41, 5.74) is 8.47. The van der Waals surface area contributed by atoms with E-state index in [-0.39, 0.29) is 12.5 Å². The number of rotatable bonds is 5. The van der Waals surface area contributed by atoms with Gasteiger partial charge in [-0.05, 0) is 68.2 Å². The summed E-state index contributed by atoms with van der Waals surface area (Å²) in [6, 6.07) is 0.604. The first kappa shape index (κ1) is 21.0. The number of imide groups is 1. The molecule has 0 bridgehead atoms. The highest BCUT2D eigenvalue weighted by Crippen LogP contribution is 2.38. The number of urea groups is 2. The number of hydrogen-bond acceptors (Lipinski definition) is 6. The van der Waals surface area contributed by atoms with Gasteiger partial charge in [-0.3, -0.25) is 5.32 Å². The zero-order valence-electron chi connectivity index (χ0n) is 18.0. The van der Waals surface area contributed by atoms with E-state index < -0.39 is 18.2 Å². The van der Waals surface area contributed by atoms with Crippen molar-refractivity contribution in [3.8, 4) is 0 Å². The minimum absolute atomic E-state index is 0.0855. The number of nitrogens with one attached hydrogen (secondary N) is 2. The monoisotopic (exact) mass is 439 g/mol. The Morgan fingerprint density at radius 3 is 2.91 bits per heavy atom. The van der Waals surface area contributed by atoms with Gasteiger partial charge in [0.15, 0.2) is 0 Å². The number of fused-ring (bicyclic) bond motifs is 1. The van der Waals surface area contributed by atoms with Crippen LogP contribution < -0.4 is 16.4 Å². The van der Waals surface area contributed by atoms with Crippen LogP contribution in [-0.4, -0.2) is 52.9 Å². The zero-order chi connectivity index (χ0) is 22.2. The van der Waals surface area contributed by atoms with Gasteiger partial charge in [-0.15, -0.1) is 0 Å². The van der Waals surface area contributed by atoms with E-state index in [4.69, 9.17) is 15.5 Å². The van der Waals surface area contributed by atoms with Crippen LogP contribution >= 0.6 is 0 Å². The average Bonchev–Trinajstić information content (AvgIpc) is 3.61. The second-order valence-corrected chi connectivity index (χ2v) is 9.01. The van der Waals surface area contributed by atoms with Gasteiger partial charge in [0.1, 0.15) is 11.6 Å². The third kappa shape index (κ3) is 4.10. The van der Waals surface area contributed by atoms with Crippen LogP contribution in [0.1, 0.15) is 54.8 Å². The fourth-order valence-corrected chi connectivity index (χ4v) is 4.65. The van der Waals surface area contributed by atoms with Gasteiger partial charge < -0.3 is 20.9 Å². The van der Waals surface area contributed by atoms with E-state index in [1.807, 2.05) is 18.2 Å². The van der Waals surface area contributed by atoms with E-state index in [0.29, 0.717) is 41.8 Å². The van der Waals surface area contributed by atoms with Crippen LogP contribution in [0.25, 0.3) is 5.57 Å². The number of aliphatic hydroxyl groups excluding tert-OH is 1. The molecule has 32 heavy (non-hydrogen) atoms. The van der Waals surface area contributed by atoms with Crippen molar-refractivity contribution in [2.75, 3.05) is 25.0 Å². The van der Waals surface area contributed by atoms with Gasteiger partial charge in [0.2, 0.25) is 0 Å². The highest BCUT2D eigenvalue weighted by atomic mass is 16.5. The summed E-state index contributed by atoms with van der Waals surface area (Å²) < 4.78 is 6.07. The number of anilines is 1. The van der Waals surface area contributed by atoms with Crippen LogP contribution in [0.4, 0.5) is 15.4 Å². The number of aromatic nitrogens is 1. The highest BCUT2D eigenvalue weighted by molar-refractivity contribution is 6.02. The largest absolute Gasteiger partial charge is 0.493 e. The molecule has 4 aliphatic rings. The lowest BCUT2D eigenvalue weighted by Crippen LogP contribution is -2.46. The molecule has 9 nitrogen and oxygen atoms in total. The SMILES string of the molecule is NC(=O)N1Cc2c(C3CCCNC3)cc(C3=C(OCC4CC4)C=CCC3O)nc2NC1=O. The summed E-state index contributed by atoms with van der Waals surface area (Å²) in [6.45, 7) is 2.48. The van der Waals surface area contributed by atoms with Gasteiger partial charge >= 0.3 is 12.1 Å². The molecule has 2 aliphatic heterocycles. The smallest absolute Gasteiger partial charge is 0.331 e. The molecule has 3 heterocycles. The van der Waals surface area contributed by atoms with Crippen molar-refractivity contribution in [2.24, 2.45) is 11.7 Å². The zero-order valence-corrected chi connectivity index (χ0v) is 18.0. The Kier molecular flexibility index (Phi) is 5.60. The summed E-state index contributed by atoms with van der Waals surface area (Å²) in [5, 5.41) is 17.0. The van der Waals surface area contributed by atoms with Crippen molar-refractivity contribution in [3.05, 3.63) is 40.8 Å². The predicted octanol–water partition coefficient (Wildman–Crippen LogP) is 2.43. The Morgan fingerprint density at radius 1 is 1.34 bits per heavy atom. The van der Waals surface area contributed by atoms with Crippen molar-refractivity contribution in [3.63, 3.8) is 0 Å². The van der Waals surface area contributed by atoms with Crippen LogP contribution in [0.15, 0.2) is 24.0 Å². The normalized spacial score (nSPS) is 25.4. The molecule has 0 radical (unpaired) electrons. The number of carbonyl (C=O) groups excluding carboxylic acids is 2.